The summed E-state index contributed by atoms with van der Waals surface area (Å²) in [6.07, 6.45) is 3.02. The lowest BCUT2D eigenvalue weighted by Crippen LogP contribution is -2.13. The number of nitrogens with one attached hydrogen (secondary N) is 1. The Kier molecular flexibility index (Phi) is 5.72. The van der Waals surface area contributed by atoms with E-state index in [2.05, 4.69) is 15.1 Å². The summed E-state index contributed by atoms with van der Waals surface area (Å²) in [6.45, 7) is 1.98. The van der Waals surface area contributed by atoms with Gasteiger partial charge in [-0.3, -0.25) is 9.20 Å². The molecule has 4 rings (SSSR count). The highest BCUT2D eigenvalue weighted by molar-refractivity contribution is 7.15. The summed E-state index contributed by atoms with van der Waals surface area (Å²) in [6, 6.07) is 13.6. The molecule has 0 spiro atoms. The van der Waals surface area contributed by atoms with E-state index in [9.17, 15) is 4.79 Å². The lowest BCUT2D eigenvalue weighted by molar-refractivity contribution is -0.116. The Balaban J connectivity index is 1.46. The molecule has 0 fully saturated rings. The van der Waals surface area contributed by atoms with Crippen LogP contribution in [0.3, 0.4) is 0 Å². The van der Waals surface area contributed by atoms with E-state index in [0.717, 1.165) is 33.2 Å². The molecule has 0 aliphatic heterocycles. The molecule has 0 radical (unpaired) electrons. The fourth-order valence-electron chi connectivity index (χ4n) is 3.28. The quantitative estimate of drug-likeness (QED) is 0.458. The maximum absolute atomic E-state index is 12.5. The Labute approximate surface area is 179 Å². The van der Waals surface area contributed by atoms with E-state index < -0.39 is 0 Å². The number of rotatable bonds is 7. The Morgan fingerprint density at radius 2 is 1.93 bits per heavy atom. The van der Waals surface area contributed by atoms with Crippen LogP contribution in [0.1, 0.15) is 17.7 Å². The first-order valence-electron chi connectivity index (χ1n) is 9.62. The third-order valence-corrected chi connectivity index (χ3v) is 5.80. The van der Waals surface area contributed by atoms with Gasteiger partial charge in [-0.2, -0.15) is 0 Å². The first-order valence-corrected chi connectivity index (χ1v) is 10.5. The molecule has 0 atom stereocenters. The lowest BCUT2D eigenvalue weighted by Gasteiger charge is -2.11. The Morgan fingerprint density at radius 1 is 1.13 bits per heavy atom. The zero-order valence-corrected chi connectivity index (χ0v) is 18.0. The minimum atomic E-state index is -0.0475. The molecular weight excluding hydrogens is 398 g/mol. The van der Waals surface area contributed by atoms with Gasteiger partial charge in [-0.25, -0.2) is 4.98 Å². The second kappa shape index (κ2) is 8.59. The average molecular weight is 422 g/mol. The molecule has 30 heavy (non-hydrogen) atoms. The molecule has 2 aromatic heterocycles. The van der Waals surface area contributed by atoms with E-state index in [0.29, 0.717) is 24.3 Å². The average Bonchev–Trinajstić information content (AvgIpc) is 3.34. The van der Waals surface area contributed by atoms with Gasteiger partial charge >= 0.3 is 0 Å². The summed E-state index contributed by atoms with van der Waals surface area (Å²) >= 11 is 1.58. The van der Waals surface area contributed by atoms with E-state index in [1.807, 2.05) is 55.6 Å². The van der Waals surface area contributed by atoms with Crippen molar-refractivity contribution in [1.82, 2.24) is 9.38 Å². The van der Waals surface area contributed by atoms with Crippen molar-refractivity contribution in [3.63, 3.8) is 0 Å². The number of imidazole rings is 1. The largest absolute Gasteiger partial charge is 0.497 e. The van der Waals surface area contributed by atoms with Gasteiger partial charge in [-0.1, -0.05) is 6.07 Å². The molecule has 0 unspecified atom stereocenters. The summed E-state index contributed by atoms with van der Waals surface area (Å²) in [5.41, 5.74) is 4.76. The van der Waals surface area contributed by atoms with Gasteiger partial charge in [0, 0.05) is 29.3 Å². The predicted octanol–water partition coefficient (Wildman–Crippen LogP) is 4.96. The number of thiazole rings is 1. The first-order chi connectivity index (χ1) is 14.6. The number of benzene rings is 2. The van der Waals surface area contributed by atoms with Crippen LogP contribution < -0.4 is 14.8 Å². The van der Waals surface area contributed by atoms with Gasteiger partial charge in [-0.15, -0.1) is 11.3 Å². The number of fused-ring (bicyclic) bond motifs is 1. The number of hydrogen-bond donors (Lipinski definition) is 1. The van der Waals surface area contributed by atoms with E-state index in [-0.39, 0.29) is 5.91 Å². The summed E-state index contributed by atoms with van der Waals surface area (Å²) in [4.78, 5) is 18.1. The third-order valence-electron chi connectivity index (χ3n) is 4.91. The number of ether oxygens (including phenoxy) is 2. The topological polar surface area (TPSA) is 64.9 Å². The van der Waals surface area contributed by atoms with E-state index in [4.69, 9.17) is 14.5 Å². The molecule has 7 heteroatoms. The SMILES string of the molecule is COc1ccc(-c2cn3c(CCC(=O)Nc4cc(C)ccc4OC)csc3n2)cc1. The highest BCUT2D eigenvalue weighted by atomic mass is 32.1. The Hall–Kier alpha value is -3.32. The van der Waals surface area contributed by atoms with Gasteiger partial charge in [-0.05, 0) is 55.3 Å². The summed E-state index contributed by atoms with van der Waals surface area (Å²) in [5, 5.41) is 5.01. The molecule has 4 aromatic rings. The van der Waals surface area contributed by atoms with Crippen molar-refractivity contribution in [3.05, 3.63) is 65.3 Å². The molecule has 0 bridgehead atoms. The Bertz CT molecular complexity index is 1180. The zero-order chi connectivity index (χ0) is 21.1. The van der Waals surface area contributed by atoms with E-state index in [1.54, 1.807) is 25.6 Å². The molecule has 2 aromatic carbocycles. The van der Waals surface area contributed by atoms with Crippen molar-refractivity contribution in [2.24, 2.45) is 0 Å². The van der Waals surface area contributed by atoms with Crippen molar-refractivity contribution in [1.29, 1.82) is 0 Å². The van der Waals surface area contributed by atoms with Crippen LogP contribution in [0.5, 0.6) is 11.5 Å². The summed E-state index contributed by atoms with van der Waals surface area (Å²) in [7, 11) is 3.25. The number of anilines is 1. The van der Waals surface area contributed by atoms with Crippen molar-refractivity contribution < 1.29 is 14.3 Å². The van der Waals surface area contributed by atoms with Crippen LogP contribution in [0.2, 0.25) is 0 Å². The standard InChI is InChI=1S/C23H23N3O3S/c1-15-4-10-21(29-3)19(12-15)24-22(27)11-7-17-14-30-23-25-20(13-26(17)23)16-5-8-18(28-2)9-6-16/h4-6,8-10,12-14H,7,11H2,1-3H3,(H,24,27). The van der Waals surface area contributed by atoms with Gasteiger partial charge < -0.3 is 14.8 Å². The molecular formula is C23H23N3O3S. The van der Waals surface area contributed by atoms with Gasteiger partial charge in [0.15, 0.2) is 4.96 Å². The first kappa shape index (κ1) is 20.0. The second-order valence-corrected chi connectivity index (χ2v) is 7.82. The van der Waals surface area contributed by atoms with Crippen molar-refractivity contribution in [3.8, 4) is 22.8 Å². The molecule has 0 saturated carbocycles. The zero-order valence-electron chi connectivity index (χ0n) is 17.1. The maximum atomic E-state index is 12.5. The fraction of sp³-hybridized carbons (Fsp3) is 0.217. The summed E-state index contributed by atoms with van der Waals surface area (Å²) in [5.74, 6) is 1.43. The van der Waals surface area contributed by atoms with E-state index >= 15 is 0 Å². The van der Waals surface area contributed by atoms with Crippen LogP contribution >= 0.6 is 11.3 Å². The molecule has 2 heterocycles. The fourth-order valence-corrected chi connectivity index (χ4v) is 4.19. The van der Waals surface area contributed by atoms with Crippen molar-refractivity contribution in [2.45, 2.75) is 19.8 Å². The van der Waals surface area contributed by atoms with E-state index in [1.165, 1.54) is 0 Å². The molecule has 154 valence electrons. The van der Waals surface area contributed by atoms with Crippen LogP contribution in [-0.4, -0.2) is 29.5 Å². The smallest absolute Gasteiger partial charge is 0.224 e. The number of carbonyl (C=O) groups excluding carboxylic acids is 1. The number of aryl methyl sites for hydroxylation is 2. The Morgan fingerprint density at radius 3 is 2.67 bits per heavy atom. The summed E-state index contributed by atoms with van der Waals surface area (Å²) < 4.78 is 12.6. The minimum absolute atomic E-state index is 0.0475. The van der Waals surface area contributed by atoms with Crippen molar-refractivity contribution >= 4 is 27.9 Å². The van der Waals surface area contributed by atoms with Gasteiger partial charge in [0.1, 0.15) is 11.5 Å². The molecule has 0 saturated heterocycles. The van der Waals surface area contributed by atoms with Crippen LogP contribution in [0.15, 0.2) is 54.0 Å². The minimum Gasteiger partial charge on any atom is -0.497 e. The predicted molar refractivity (Wildman–Crippen MR) is 120 cm³/mol. The molecule has 0 aliphatic rings. The molecule has 6 nitrogen and oxygen atoms in total. The number of methoxy groups -OCH3 is 2. The number of hydrogen-bond acceptors (Lipinski definition) is 5. The van der Waals surface area contributed by atoms with Gasteiger partial charge in [0.25, 0.3) is 0 Å². The number of carbonyl (C=O) groups is 1. The lowest BCUT2D eigenvalue weighted by atomic mass is 10.1. The molecule has 0 aliphatic carbocycles. The monoisotopic (exact) mass is 421 g/mol. The second-order valence-electron chi connectivity index (χ2n) is 6.99. The third kappa shape index (κ3) is 4.16. The van der Waals surface area contributed by atoms with Crippen LogP contribution in [0, 0.1) is 6.92 Å². The number of amides is 1. The normalized spacial score (nSPS) is 10.9. The molecule has 1 amide bonds. The number of nitrogens with zero attached hydrogens (tertiary/aromatic N) is 2. The molecule has 1 N–H and O–H groups in total. The highest BCUT2D eigenvalue weighted by Crippen LogP contribution is 2.27. The van der Waals surface area contributed by atoms with Crippen LogP contribution in [0.4, 0.5) is 5.69 Å². The van der Waals surface area contributed by atoms with Gasteiger partial charge in [0.05, 0.1) is 25.6 Å². The highest BCUT2D eigenvalue weighted by Gasteiger charge is 2.13. The maximum Gasteiger partial charge on any atom is 0.224 e. The van der Waals surface area contributed by atoms with Crippen molar-refractivity contribution in [2.75, 3.05) is 19.5 Å². The van der Waals surface area contributed by atoms with Crippen LogP contribution in [-0.2, 0) is 11.2 Å². The van der Waals surface area contributed by atoms with Crippen LogP contribution in [0.25, 0.3) is 16.2 Å². The van der Waals surface area contributed by atoms with Gasteiger partial charge in [0.2, 0.25) is 5.91 Å². The number of aromatic nitrogens is 2.